The van der Waals surface area contributed by atoms with Crippen LogP contribution in [0.4, 0.5) is 10.2 Å². The van der Waals surface area contributed by atoms with Crippen molar-refractivity contribution in [3.05, 3.63) is 252 Å². The van der Waals surface area contributed by atoms with Crippen molar-refractivity contribution < 1.29 is 51.5 Å². The summed E-state index contributed by atoms with van der Waals surface area (Å²) in [6.07, 6.45) is 18.9. The number of benzene rings is 7. The molecule has 0 spiro atoms. The number of nitrogens with zero attached hydrogens (tertiary/aromatic N) is 4. The number of rotatable bonds is 40. The molecular weight excluding hydrogens is 1290 g/mol. The van der Waals surface area contributed by atoms with E-state index in [2.05, 4.69) is 40.1 Å². The van der Waals surface area contributed by atoms with E-state index in [1.807, 2.05) is 200 Å². The molecule has 1 aliphatic rings. The Morgan fingerprint density at radius 2 is 1.09 bits per heavy atom. The summed E-state index contributed by atoms with van der Waals surface area (Å²) in [6, 6.07) is 62.4. The van der Waals surface area contributed by atoms with Crippen molar-refractivity contribution in [3.8, 4) is 23.8 Å². The minimum Gasteiger partial charge on any atom is -0.497 e. The number of unbranched alkanes of at least 4 members (excludes halogenated alkanes) is 12. The van der Waals surface area contributed by atoms with E-state index < -0.39 is 79.3 Å². The first-order chi connectivity index (χ1) is 49.3. The molecule has 16 nitrogen and oxygen atoms in total. The lowest BCUT2D eigenvalue weighted by atomic mass is 9.77. The van der Waals surface area contributed by atoms with E-state index in [1.54, 1.807) is 25.7 Å². The van der Waals surface area contributed by atoms with E-state index in [9.17, 15) is 9.59 Å². The van der Waals surface area contributed by atoms with Crippen molar-refractivity contribution in [2.75, 3.05) is 45.5 Å². The van der Waals surface area contributed by atoms with Crippen LogP contribution in [0.2, 0.25) is 0 Å². The van der Waals surface area contributed by atoms with E-state index in [0.29, 0.717) is 29.9 Å². The number of anilines is 1. The molecular formula is C83H96FN6O10P. The number of imidazole rings is 1. The SMILES string of the molecule is C#C[C@]1(COP(=O)(C[C@@H](C)C(=O)OCCCCCCCCC)N[C@@H](Cc2ccccc2)C(=O)OCCCCCCCCC)O[C@@H](n2cnc3c(NC(c4ccccc4)(c4ccccc4)c4ccc(OC)cc4)nc(F)nc32)C[C@@H]1OC(c1ccccc1)(c1ccccc1)c1ccc(OC)cc1. The third kappa shape index (κ3) is 18.6. The monoisotopic (exact) mass is 1390 g/mol. The molecule has 18 heteroatoms. The van der Waals surface area contributed by atoms with E-state index in [0.717, 1.165) is 97.6 Å². The van der Waals surface area contributed by atoms with Gasteiger partial charge in [-0.3, -0.25) is 18.7 Å². The average Bonchev–Trinajstić information content (AvgIpc) is 1.41. The summed E-state index contributed by atoms with van der Waals surface area (Å²) in [5.41, 5.74) is 0.856. The molecule has 1 fully saturated rings. The maximum atomic E-state index is 16.9. The molecule has 1 unspecified atom stereocenters. The fraction of sp³-hybridized carbons (Fsp3) is 0.386. The normalized spacial score (nSPS) is 16.6. The standard InChI is InChI=1S/C83H96FN6O10P/c1-7-10-12-14-16-18-35-55-96-78(91)62(4)59-101(93,89-72(57-63-37-25-20-26-38-63)79(92)97-56-36-19-17-15-13-11-8-2)98-60-81(9-3)73(99-83(67-43-31-23-32-44-67,68-45-33-24-34-46-68)69-49-53-71(95-6)54-50-69)58-74(100-81)90-61-85-75-76(86-80(84)87-77(75)90)88-82(64-39-27-21-28-40-64,65-41-29-22-30-42-65)66-47-51-70(94-5)52-48-66/h3,20-34,37-54,61-62,72-74H,7-8,10-19,35-36,55-60H2,1-2,4-6H3,(H,89,93)(H,86,87,88)/t62-,72+,73+,74-,81-,101?/m1/s1. The second kappa shape index (κ2) is 36.5. The summed E-state index contributed by atoms with van der Waals surface area (Å²) in [7, 11) is -1.29. The Labute approximate surface area is 595 Å². The molecule has 0 aliphatic carbocycles. The molecule has 6 atom stereocenters. The number of carbonyl (C=O) groups excluding carboxylic acids is 2. The predicted octanol–water partition coefficient (Wildman–Crippen LogP) is 17.7. The first-order valence-corrected chi connectivity index (χ1v) is 37.5. The van der Waals surface area contributed by atoms with E-state index in [4.69, 9.17) is 44.4 Å². The van der Waals surface area contributed by atoms with Crippen LogP contribution in [0, 0.1) is 24.3 Å². The largest absolute Gasteiger partial charge is 0.497 e. The van der Waals surface area contributed by atoms with Crippen molar-refractivity contribution in [2.24, 2.45) is 5.92 Å². The Balaban J connectivity index is 1.08. The minimum absolute atomic E-state index is 0.0460. The Hall–Kier alpha value is -9.01. The first kappa shape index (κ1) is 74.7. The highest BCUT2D eigenvalue weighted by atomic mass is 31.2. The maximum Gasteiger partial charge on any atom is 0.323 e. The molecule has 1 saturated heterocycles. The molecule has 0 saturated carbocycles. The summed E-state index contributed by atoms with van der Waals surface area (Å²) in [5.74, 6) is 2.06. The molecule has 0 bridgehead atoms. The molecule has 7 aromatic carbocycles. The van der Waals surface area contributed by atoms with Crippen LogP contribution in [-0.2, 0) is 55.2 Å². The zero-order chi connectivity index (χ0) is 70.9. The van der Waals surface area contributed by atoms with E-state index >= 15 is 8.96 Å². The fourth-order valence-electron chi connectivity index (χ4n) is 13.5. The Morgan fingerprint density at radius 1 is 0.634 bits per heavy atom. The maximum absolute atomic E-state index is 16.9. The third-order valence-corrected chi connectivity index (χ3v) is 21.2. The van der Waals surface area contributed by atoms with Crippen molar-refractivity contribution >= 4 is 36.4 Å². The fourth-order valence-corrected chi connectivity index (χ4v) is 15.7. The number of methoxy groups -OCH3 is 2. The number of aromatic nitrogens is 4. The molecule has 9 aromatic rings. The number of fused-ring (bicyclic) bond motifs is 1. The van der Waals surface area contributed by atoms with Crippen molar-refractivity contribution in [2.45, 2.75) is 159 Å². The van der Waals surface area contributed by atoms with Crippen LogP contribution in [0.5, 0.6) is 11.5 Å². The second-order valence-electron chi connectivity index (χ2n) is 26.1. The lowest BCUT2D eigenvalue weighted by molar-refractivity contribution is -0.147. The summed E-state index contributed by atoms with van der Waals surface area (Å²) >= 11 is 0. The number of hydrogen-bond acceptors (Lipinski definition) is 14. The molecule has 101 heavy (non-hydrogen) atoms. The van der Waals surface area contributed by atoms with Gasteiger partial charge in [-0.05, 0) is 82.5 Å². The zero-order valence-electron chi connectivity index (χ0n) is 58.9. The van der Waals surface area contributed by atoms with Gasteiger partial charge in [-0.25, -0.2) is 10.1 Å². The molecule has 1 aliphatic heterocycles. The molecule has 2 aromatic heterocycles. The van der Waals surface area contributed by atoms with Gasteiger partial charge in [0.1, 0.15) is 41.0 Å². The molecule has 2 N–H and O–H groups in total. The van der Waals surface area contributed by atoms with Gasteiger partial charge in [0.2, 0.25) is 0 Å². The summed E-state index contributed by atoms with van der Waals surface area (Å²) in [6.45, 7) is 5.70. The molecule has 0 radical (unpaired) electrons. The van der Waals surface area contributed by atoms with Gasteiger partial charge in [0.25, 0.3) is 7.52 Å². The van der Waals surface area contributed by atoms with E-state index in [-0.39, 0.29) is 43.0 Å². The minimum atomic E-state index is -4.50. The number of terminal acetylenes is 1. The van der Waals surface area contributed by atoms with E-state index in [1.165, 1.54) is 19.2 Å². The molecule has 10 rings (SSSR count). The quantitative estimate of drug-likeness (QED) is 0.00923. The summed E-state index contributed by atoms with van der Waals surface area (Å²) < 4.78 is 80.6. The van der Waals surface area contributed by atoms with Crippen LogP contribution in [0.25, 0.3) is 11.2 Å². The van der Waals surface area contributed by atoms with Gasteiger partial charge in [0.15, 0.2) is 22.6 Å². The topological polar surface area (TPSA) is 183 Å². The highest BCUT2D eigenvalue weighted by Crippen LogP contribution is 2.53. The lowest BCUT2D eigenvalue weighted by Gasteiger charge is -2.41. The van der Waals surface area contributed by atoms with Crippen molar-refractivity contribution in [3.63, 3.8) is 0 Å². The van der Waals surface area contributed by atoms with Crippen LogP contribution in [0.15, 0.2) is 207 Å². The lowest BCUT2D eigenvalue weighted by Crippen LogP contribution is -2.49. The van der Waals surface area contributed by atoms with Crippen LogP contribution in [0.1, 0.15) is 162 Å². The number of esters is 2. The van der Waals surface area contributed by atoms with Gasteiger partial charge in [-0.15, -0.1) is 6.42 Å². The molecule has 0 amide bonds. The molecule has 530 valence electrons. The average molecular weight is 1390 g/mol. The van der Waals surface area contributed by atoms with Crippen LogP contribution in [0.3, 0.4) is 0 Å². The molecule has 3 heterocycles. The van der Waals surface area contributed by atoms with Gasteiger partial charge in [-0.2, -0.15) is 14.4 Å². The van der Waals surface area contributed by atoms with Crippen molar-refractivity contribution in [1.29, 1.82) is 0 Å². The predicted molar refractivity (Wildman–Crippen MR) is 394 cm³/mol. The van der Waals surface area contributed by atoms with Gasteiger partial charge in [-0.1, -0.05) is 280 Å². The van der Waals surface area contributed by atoms with Gasteiger partial charge in [0, 0.05) is 6.42 Å². The number of halogens is 1. The number of nitrogens with one attached hydrogen (secondary N) is 2. The van der Waals surface area contributed by atoms with Crippen LogP contribution < -0.4 is 19.9 Å². The summed E-state index contributed by atoms with van der Waals surface area (Å²) in [5, 5.41) is 6.89. The number of carbonyl (C=O) groups is 2. The highest BCUT2D eigenvalue weighted by molar-refractivity contribution is 7.57. The number of ether oxygens (including phenoxy) is 6. The smallest absolute Gasteiger partial charge is 0.323 e. The van der Waals surface area contributed by atoms with Crippen LogP contribution >= 0.6 is 7.52 Å². The zero-order valence-corrected chi connectivity index (χ0v) is 59.7. The van der Waals surface area contributed by atoms with Gasteiger partial charge < -0.3 is 38.3 Å². The second-order valence-corrected chi connectivity index (χ2v) is 28.3. The van der Waals surface area contributed by atoms with Crippen LogP contribution in [-0.4, -0.2) is 89.4 Å². The Kier molecular flexibility index (Phi) is 27.0. The van der Waals surface area contributed by atoms with Gasteiger partial charge in [0.05, 0.1) is 52.4 Å². The summed E-state index contributed by atoms with van der Waals surface area (Å²) in [4.78, 5) is 42.8. The van der Waals surface area contributed by atoms with Crippen molar-refractivity contribution in [1.82, 2.24) is 24.6 Å². The highest BCUT2D eigenvalue weighted by Gasteiger charge is 2.56. The Bertz CT molecular complexity index is 4030. The third-order valence-electron chi connectivity index (χ3n) is 19.0. The first-order valence-electron chi connectivity index (χ1n) is 35.7. The number of hydrogen-bond donors (Lipinski definition) is 2. The van der Waals surface area contributed by atoms with Gasteiger partial charge >= 0.3 is 18.0 Å². The Morgan fingerprint density at radius 3 is 1.59 bits per heavy atom.